The zero-order valence-electron chi connectivity index (χ0n) is 35.4. The van der Waals surface area contributed by atoms with E-state index in [1.807, 2.05) is 32.7 Å². The molecule has 1 aliphatic heterocycles. The standard InChI is InChI=1S/C43H67FN6O6S/c1-9-17-50(42(53)38(27(6)11-3)48-40(52)35-14-12-13-18-49(35)8)36(26(4)5)23-37(55-19-10-2)41-47-34(25-57-41)39(51)46-31-20-29-15-16-30(44)21-32(29)33(22-31)43(54)56-28(7)24-45/h15-16,21,25-28,31,33,35-38H,9-14,17-20,22-24,45H2,1-8H3,(H,46,51)(H,48,52)/t27-,28?,31-,33+,35+,36+,37+,38-/m0/s1. The van der Waals surface area contributed by atoms with Crippen LogP contribution in [0.4, 0.5) is 4.39 Å². The SMILES string of the molecule is CCCO[C@H](C[C@H](C(C)C)N(CCC)C(=O)[C@@H](NC(=O)[C@H]1CCCCN1C)[C@@H](C)CC)c1nc(C(=O)N[C@H]2Cc3ccc(F)cc3[C@H](C(=O)OC(C)CN)C2)cs1. The van der Waals surface area contributed by atoms with Crippen LogP contribution in [-0.4, -0.2) is 102 Å². The Morgan fingerprint density at radius 2 is 1.86 bits per heavy atom. The fourth-order valence-electron chi connectivity index (χ4n) is 7.97. The summed E-state index contributed by atoms with van der Waals surface area (Å²) in [5.74, 6) is -2.27. The molecule has 2 aliphatic rings. The van der Waals surface area contributed by atoms with Crippen molar-refractivity contribution in [2.24, 2.45) is 17.6 Å². The third-order valence-corrected chi connectivity index (χ3v) is 12.5. The van der Waals surface area contributed by atoms with Crippen LogP contribution in [0.15, 0.2) is 23.6 Å². The summed E-state index contributed by atoms with van der Waals surface area (Å²) < 4.78 is 26.3. The normalized spacial score (nSPS) is 21.1. The van der Waals surface area contributed by atoms with E-state index >= 15 is 0 Å². The molecule has 12 nitrogen and oxygen atoms in total. The average molecular weight is 815 g/mol. The van der Waals surface area contributed by atoms with Gasteiger partial charge in [0.15, 0.2) is 0 Å². The minimum Gasteiger partial charge on any atom is -0.461 e. The zero-order valence-corrected chi connectivity index (χ0v) is 36.2. The smallest absolute Gasteiger partial charge is 0.313 e. The number of piperidine rings is 1. The maximum atomic E-state index is 14.7. The van der Waals surface area contributed by atoms with Crippen molar-refractivity contribution in [3.63, 3.8) is 0 Å². The zero-order chi connectivity index (χ0) is 41.8. The van der Waals surface area contributed by atoms with E-state index in [-0.39, 0.29) is 60.3 Å². The molecule has 14 heteroatoms. The number of benzene rings is 1. The molecular formula is C43H67FN6O6S. The second-order valence-electron chi connectivity index (χ2n) is 16.4. The summed E-state index contributed by atoms with van der Waals surface area (Å²) >= 11 is 1.34. The molecule has 0 spiro atoms. The number of nitrogens with zero attached hydrogens (tertiary/aromatic N) is 3. The summed E-state index contributed by atoms with van der Waals surface area (Å²) in [5, 5.41) is 8.60. The minimum atomic E-state index is -0.759. The lowest BCUT2D eigenvalue weighted by molar-refractivity contribution is -0.150. The van der Waals surface area contributed by atoms with Crippen LogP contribution in [0.2, 0.25) is 0 Å². The van der Waals surface area contributed by atoms with Gasteiger partial charge in [-0.25, -0.2) is 9.37 Å². The van der Waals surface area contributed by atoms with Gasteiger partial charge in [-0.05, 0) is 94.1 Å². The van der Waals surface area contributed by atoms with Gasteiger partial charge in [0.25, 0.3) is 5.91 Å². The number of amides is 3. The number of fused-ring (bicyclic) bond motifs is 1. The summed E-state index contributed by atoms with van der Waals surface area (Å²) in [7, 11) is 1.98. The maximum absolute atomic E-state index is 14.7. The number of likely N-dealkylation sites (tertiary alicyclic amines) is 1. The average Bonchev–Trinajstić information content (AvgIpc) is 3.69. The van der Waals surface area contributed by atoms with Gasteiger partial charge in [-0.2, -0.15) is 0 Å². The second kappa shape index (κ2) is 22.1. The molecule has 0 saturated carbocycles. The van der Waals surface area contributed by atoms with Crippen molar-refractivity contribution in [3.05, 3.63) is 51.2 Å². The highest BCUT2D eigenvalue weighted by molar-refractivity contribution is 7.09. The summed E-state index contributed by atoms with van der Waals surface area (Å²) in [5.41, 5.74) is 7.25. The van der Waals surface area contributed by atoms with Crippen LogP contribution in [0, 0.1) is 17.7 Å². The third kappa shape index (κ3) is 12.3. The van der Waals surface area contributed by atoms with Crippen molar-refractivity contribution >= 4 is 35.0 Å². The van der Waals surface area contributed by atoms with Crippen LogP contribution in [0.3, 0.4) is 0 Å². The third-order valence-electron chi connectivity index (χ3n) is 11.5. The number of likely N-dealkylation sites (N-methyl/N-ethyl adjacent to an activating group) is 1. The quantitative estimate of drug-likeness (QED) is 0.134. The predicted octanol–water partition coefficient (Wildman–Crippen LogP) is 6.14. The Kier molecular flexibility index (Phi) is 17.9. The van der Waals surface area contributed by atoms with Gasteiger partial charge < -0.3 is 30.7 Å². The van der Waals surface area contributed by atoms with Crippen molar-refractivity contribution in [3.8, 4) is 0 Å². The molecule has 2 aromatic rings. The van der Waals surface area contributed by atoms with E-state index in [2.05, 4.69) is 36.3 Å². The van der Waals surface area contributed by atoms with Crippen LogP contribution in [0.1, 0.15) is 138 Å². The molecule has 1 saturated heterocycles. The number of ether oxygens (including phenoxy) is 2. The molecule has 1 aromatic heterocycles. The van der Waals surface area contributed by atoms with Gasteiger partial charge in [0.1, 0.15) is 34.8 Å². The summed E-state index contributed by atoms with van der Waals surface area (Å²) in [4.78, 5) is 64.1. The lowest BCUT2D eigenvalue weighted by Gasteiger charge is -2.40. The van der Waals surface area contributed by atoms with E-state index in [0.29, 0.717) is 36.6 Å². The van der Waals surface area contributed by atoms with E-state index < -0.39 is 42.0 Å². The first-order chi connectivity index (χ1) is 27.2. The first-order valence-corrected chi connectivity index (χ1v) is 22.0. The molecule has 0 bridgehead atoms. The van der Waals surface area contributed by atoms with Crippen LogP contribution < -0.4 is 16.4 Å². The number of nitrogens with one attached hydrogen (secondary N) is 2. The number of esters is 1. The Bertz CT molecular complexity index is 1640. The van der Waals surface area contributed by atoms with Gasteiger partial charge in [0, 0.05) is 43.6 Å². The first kappa shape index (κ1) is 46.2. The molecule has 2 heterocycles. The molecular weight excluding hydrogens is 748 g/mol. The number of thiazole rings is 1. The molecule has 8 atom stereocenters. The van der Waals surface area contributed by atoms with Crippen molar-refractivity contribution in [2.45, 2.75) is 149 Å². The Morgan fingerprint density at radius 3 is 2.51 bits per heavy atom. The van der Waals surface area contributed by atoms with Gasteiger partial charge in [0.05, 0.1) is 12.0 Å². The maximum Gasteiger partial charge on any atom is 0.313 e. The Morgan fingerprint density at radius 1 is 1.11 bits per heavy atom. The fourth-order valence-corrected chi connectivity index (χ4v) is 8.83. The summed E-state index contributed by atoms with van der Waals surface area (Å²) in [6.07, 6.45) is 5.23. The largest absolute Gasteiger partial charge is 0.461 e. The number of carbonyl (C=O) groups excluding carboxylic acids is 4. The molecule has 4 N–H and O–H groups in total. The monoisotopic (exact) mass is 814 g/mol. The second-order valence-corrected chi connectivity index (χ2v) is 17.3. The predicted molar refractivity (Wildman–Crippen MR) is 221 cm³/mol. The molecule has 0 radical (unpaired) electrons. The van der Waals surface area contributed by atoms with E-state index in [4.69, 9.17) is 20.2 Å². The molecule has 1 aliphatic carbocycles. The van der Waals surface area contributed by atoms with E-state index in [0.717, 1.165) is 50.6 Å². The Balaban J connectivity index is 1.54. The highest BCUT2D eigenvalue weighted by Crippen LogP contribution is 2.35. The highest BCUT2D eigenvalue weighted by atomic mass is 32.1. The molecule has 1 fully saturated rings. The van der Waals surface area contributed by atoms with E-state index in [1.165, 1.54) is 23.5 Å². The molecule has 1 aromatic carbocycles. The van der Waals surface area contributed by atoms with Gasteiger partial charge >= 0.3 is 5.97 Å². The van der Waals surface area contributed by atoms with Crippen LogP contribution in [-0.2, 0) is 30.3 Å². The molecule has 1 unspecified atom stereocenters. The fraction of sp³-hybridized carbons (Fsp3) is 0.698. The number of aromatic nitrogens is 1. The molecule has 57 heavy (non-hydrogen) atoms. The van der Waals surface area contributed by atoms with Crippen molar-refractivity contribution in [1.29, 1.82) is 0 Å². The number of hydrogen-bond acceptors (Lipinski definition) is 10. The van der Waals surface area contributed by atoms with Crippen molar-refractivity contribution in [2.75, 3.05) is 33.3 Å². The van der Waals surface area contributed by atoms with Gasteiger partial charge in [0.2, 0.25) is 11.8 Å². The van der Waals surface area contributed by atoms with Gasteiger partial charge in [-0.15, -0.1) is 11.3 Å². The number of hydrogen-bond donors (Lipinski definition) is 3. The minimum absolute atomic E-state index is 0.0591. The first-order valence-electron chi connectivity index (χ1n) is 21.1. The Labute approximate surface area is 343 Å². The number of rotatable bonds is 20. The lowest BCUT2D eigenvalue weighted by atomic mass is 9.80. The lowest BCUT2D eigenvalue weighted by Crippen LogP contribution is -2.58. The number of nitrogens with two attached hydrogens (primary N) is 1. The number of carbonyl (C=O) groups is 4. The van der Waals surface area contributed by atoms with Crippen LogP contribution >= 0.6 is 11.3 Å². The molecule has 4 rings (SSSR count). The Hall–Kier alpha value is -3.46. The highest BCUT2D eigenvalue weighted by Gasteiger charge is 2.39. The molecule has 318 valence electrons. The summed E-state index contributed by atoms with van der Waals surface area (Å²) in [6, 6.07) is 2.82. The summed E-state index contributed by atoms with van der Waals surface area (Å²) in [6.45, 7) is 16.1. The van der Waals surface area contributed by atoms with Crippen LogP contribution in [0.5, 0.6) is 0 Å². The topological polar surface area (TPSA) is 156 Å². The number of halogens is 1. The van der Waals surface area contributed by atoms with Crippen molar-refractivity contribution in [1.82, 2.24) is 25.4 Å². The van der Waals surface area contributed by atoms with Crippen molar-refractivity contribution < 1.29 is 33.0 Å². The van der Waals surface area contributed by atoms with Gasteiger partial charge in [-0.1, -0.05) is 60.5 Å². The van der Waals surface area contributed by atoms with E-state index in [1.54, 1.807) is 18.4 Å². The van der Waals surface area contributed by atoms with Crippen LogP contribution in [0.25, 0.3) is 0 Å². The van der Waals surface area contributed by atoms with Gasteiger partial charge in [-0.3, -0.25) is 24.1 Å². The molecule has 3 amide bonds. The van der Waals surface area contributed by atoms with E-state index in [9.17, 15) is 23.6 Å².